The first-order chi connectivity index (χ1) is 11.0. The molecule has 1 aliphatic heterocycles. The summed E-state index contributed by atoms with van der Waals surface area (Å²) in [7, 11) is -1.78. The molecule has 1 aromatic carbocycles. The van der Waals surface area contributed by atoms with Crippen LogP contribution in [0, 0.1) is 5.92 Å². The average molecular weight is 337 g/mol. The molecular weight excluding hydrogens is 318 g/mol. The second-order valence-corrected chi connectivity index (χ2v) is 6.82. The number of nitrogens with zero attached hydrogens (tertiary/aromatic N) is 1. The van der Waals surface area contributed by atoms with Crippen molar-refractivity contribution in [2.45, 2.75) is 6.61 Å². The van der Waals surface area contributed by atoms with Crippen LogP contribution in [0.4, 0.5) is 0 Å². The minimum Gasteiger partial charge on any atom is -0.460 e. The predicted octanol–water partition coefficient (Wildman–Crippen LogP) is 1.67. The van der Waals surface area contributed by atoms with Crippen LogP contribution in [-0.4, -0.2) is 39.5 Å². The number of ether oxygens (including phenoxy) is 2. The van der Waals surface area contributed by atoms with Gasteiger partial charge in [0.25, 0.3) is 0 Å². The number of sulfone groups is 1. The van der Waals surface area contributed by atoms with E-state index in [0.717, 1.165) is 16.4 Å². The number of carbonyl (C=O) groups excluding carboxylic acids is 1. The van der Waals surface area contributed by atoms with E-state index in [4.69, 9.17) is 9.47 Å². The quantitative estimate of drug-likeness (QED) is 0.705. The number of rotatable bonds is 7. The van der Waals surface area contributed by atoms with E-state index in [1.165, 1.54) is 19.5 Å². The molecule has 7 heteroatoms. The number of esters is 1. The molecule has 0 amide bonds. The first-order valence-corrected chi connectivity index (χ1v) is 8.68. The molecule has 1 atom stereocenters. The summed E-state index contributed by atoms with van der Waals surface area (Å²) in [4.78, 5) is 13.8. The van der Waals surface area contributed by atoms with Crippen LogP contribution in [0.15, 0.2) is 53.5 Å². The summed E-state index contributed by atoms with van der Waals surface area (Å²) >= 11 is 0. The van der Waals surface area contributed by atoms with E-state index >= 15 is 0 Å². The lowest BCUT2D eigenvalue weighted by Gasteiger charge is -2.23. The second kappa shape index (κ2) is 7.94. The van der Waals surface area contributed by atoms with Crippen LogP contribution >= 0.6 is 0 Å². The second-order valence-electron chi connectivity index (χ2n) is 5.10. The number of benzene rings is 1. The van der Waals surface area contributed by atoms with Crippen molar-refractivity contribution in [1.29, 1.82) is 0 Å². The number of carbonyl (C=O) groups is 1. The van der Waals surface area contributed by atoms with Gasteiger partial charge in [-0.1, -0.05) is 30.3 Å². The van der Waals surface area contributed by atoms with E-state index in [-0.39, 0.29) is 25.7 Å². The SMILES string of the molecule is COCC(CN1C=CS(=O)(=O)C=C1)C(=O)OCc1ccccc1. The van der Waals surface area contributed by atoms with Gasteiger partial charge in [0.2, 0.25) is 0 Å². The first kappa shape index (κ1) is 17.2. The highest BCUT2D eigenvalue weighted by molar-refractivity contribution is 7.97. The van der Waals surface area contributed by atoms with E-state index in [2.05, 4.69) is 0 Å². The molecule has 1 aromatic rings. The molecule has 0 radical (unpaired) electrons. The highest BCUT2D eigenvalue weighted by Gasteiger charge is 2.23. The van der Waals surface area contributed by atoms with E-state index in [9.17, 15) is 13.2 Å². The van der Waals surface area contributed by atoms with Gasteiger partial charge in [-0.05, 0) is 5.56 Å². The fourth-order valence-electron chi connectivity index (χ4n) is 2.04. The molecule has 124 valence electrons. The maximum absolute atomic E-state index is 12.2. The van der Waals surface area contributed by atoms with Gasteiger partial charge in [-0.15, -0.1) is 0 Å². The van der Waals surface area contributed by atoms with Crippen molar-refractivity contribution in [2.24, 2.45) is 5.92 Å². The molecule has 6 nitrogen and oxygen atoms in total. The van der Waals surface area contributed by atoms with Crippen molar-refractivity contribution in [3.05, 3.63) is 59.1 Å². The van der Waals surface area contributed by atoms with E-state index in [1.807, 2.05) is 30.3 Å². The Labute approximate surface area is 135 Å². The van der Waals surface area contributed by atoms with E-state index in [1.54, 1.807) is 4.90 Å². The monoisotopic (exact) mass is 337 g/mol. The van der Waals surface area contributed by atoms with Crippen LogP contribution < -0.4 is 0 Å². The van der Waals surface area contributed by atoms with Crippen LogP contribution in [0.5, 0.6) is 0 Å². The van der Waals surface area contributed by atoms with Crippen LogP contribution in [0.1, 0.15) is 5.56 Å². The van der Waals surface area contributed by atoms with Crippen molar-refractivity contribution in [3.63, 3.8) is 0 Å². The lowest BCUT2D eigenvalue weighted by molar-refractivity contribution is -0.152. The van der Waals surface area contributed by atoms with Crippen molar-refractivity contribution in [2.75, 3.05) is 20.3 Å². The zero-order valence-corrected chi connectivity index (χ0v) is 13.6. The van der Waals surface area contributed by atoms with Gasteiger partial charge in [0.05, 0.1) is 23.3 Å². The average Bonchev–Trinajstić information content (AvgIpc) is 2.55. The van der Waals surface area contributed by atoms with Crippen LogP contribution in [0.3, 0.4) is 0 Å². The smallest absolute Gasteiger partial charge is 0.313 e. The summed E-state index contributed by atoms with van der Waals surface area (Å²) in [5, 5.41) is 2.18. The van der Waals surface area contributed by atoms with Gasteiger partial charge in [0, 0.05) is 26.1 Å². The Morgan fingerprint density at radius 3 is 2.43 bits per heavy atom. The fraction of sp³-hybridized carbons (Fsp3) is 0.312. The minimum atomic E-state index is -3.28. The van der Waals surface area contributed by atoms with Crippen molar-refractivity contribution >= 4 is 15.8 Å². The maximum Gasteiger partial charge on any atom is 0.313 e. The standard InChI is InChI=1S/C16H19NO5S/c1-21-13-15(11-17-7-9-23(19,20)10-8-17)16(18)22-12-14-5-3-2-4-6-14/h2-10,15H,11-13H2,1H3. The molecule has 0 spiro atoms. The molecule has 0 bridgehead atoms. The Morgan fingerprint density at radius 2 is 1.83 bits per heavy atom. The van der Waals surface area contributed by atoms with E-state index < -0.39 is 15.8 Å². The number of hydrogen-bond acceptors (Lipinski definition) is 6. The molecule has 1 unspecified atom stereocenters. The van der Waals surface area contributed by atoms with Gasteiger partial charge in [-0.25, -0.2) is 8.42 Å². The fourth-order valence-corrected chi connectivity index (χ4v) is 2.78. The predicted molar refractivity (Wildman–Crippen MR) is 85.5 cm³/mol. The molecule has 2 rings (SSSR count). The molecule has 0 saturated carbocycles. The van der Waals surface area contributed by atoms with Gasteiger partial charge in [-0.2, -0.15) is 0 Å². The number of hydrogen-bond donors (Lipinski definition) is 0. The van der Waals surface area contributed by atoms with Crippen LogP contribution in [0.25, 0.3) is 0 Å². The van der Waals surface area contributed by atoms with Crippen LogP contribution in [-0.2, 0) is 30.7 Å². The number of methoxy groups -OCH3 is 1. The topological polar surface area (TPSA) is 72.9 Å². The lowest BCUT2D eigenvalue weighted by Crippen LogP contribution is -2.32. The zero-order valence-electron chi connectivity index (χ0n) is 12.8. The molecule has 0 aromatic heterocycles. The Morgan fingerprint density at radius 1 is 1.17 bits per heavy atom. The highest BCUT2D eigenvalue weighted by atomic mass is 32.2. The molecule has 23 heavy (non-hydrogen) atoms. The van der Waals surface area contributed by atoms with Gasteiger partial charge in [0.1, 0.15) is 6.61 Å². The Kier molecular flexibility index (Phi) is 5.95. The van der Waals surface area contributed by atoms with Crippen molar-refractivity contribution < 1.29 is 22.7 Å². The summed E-state index contributed by atoms with van der Waals surface area (Å²) in [6, 6.07) is 9.39. The summed E-state index contributed by atoms with van der Waals surface area (Å²) in [5.41, 5.74) is 0.904. The molecule has 0 aliphatic carbocycles. The summed E-state index contributed by atoms with van der Waals surface area (Å²) < 4.78 is 32.9. The van der Waals surface area contributed by atoms with Gasteiger partial charge < -0.3 is 14.4 Å². The lowest BCUT2D eigenvalue weighted by atomic mass is 10.1. The third kappa shape index (κ3) is 5.54. The summed E-state index contributed by atoms with van der Waals surface area (Å²) in [6.45, 7) is 0.669. The Hall–Kier alpha value is -2.12. The maximum atomic E-state index is 12.2. The van der Waals surface area contributed by atoms with E-state index in [0.29, 0.717) is 0 Å². The van der Waals surface area contributed by atoms with Crippen LogP contribution in [0.2, 0.25) is 0 Å². The summed E-state index contributed by atoms with van der Waals surface area (Å²) in [5.74, 6) is -0.898. The summed E-state index contributed by atoms with van der Waals surface area (Å²) in [6.07, 6.45) is 2.84. The molecule has 0 N–H and O–H groups in total. The molecule has 1 aliphatic rings. The molecule has 1 heterocycles. The molecular formula is C16H19NO5S. The van der Waals surface area contributed by atoms with Gasteiger partial charge >= 0.3 is 5.97 Å². The third-order valence-corrected chi connectivity index (χ3v) is 4.24. The van der Waals surface area contributed by atoms with Gasteiger partial charge in [-0.3, -0.25) is 4.79 Å². The molecule has 0 saturated heterocycles. The largest absolute Gasteiger partial charge is 0.460 e. The Bertz CT molecular complexity index is 662. The highest BCUT2D eigenvalue weighted by Crippen LogP contribution is 2.12. The third-order valence-electron chi connectivity index (χ3n) is 3.24. The first-order valence-electron chi connectivity index (χ1n) is 7.07. The van der Waals surface area contributed by atoms with Gasteiger partial charge in [0.15, 0.2) is 9.84 Å². The molecule has 0 fully saturated rings. The van der Waals surface area contributed by atoms with Crippen molar-refractivity contribution in [1.82, 2.24) is 4.90 Å². The Balaban J connectivity index is 1.92. The minimum absolute atomic E-state index is 0.193. The zero-order chi connectivity index (χ0) is 16.7. The van der Waals surface area contributed by atoms with Crippen molar-refractivity contribution in [3.8, 4) is 0 Å². The normalized spacial score (nSPS) is 17.0.